The lowest BCUT2D eigenvalue weighted by atomic mass is 10.0. The summed E-state index contributed by atoms with van der Waals surface area (Å²) in [7, 11) is 0. The summed E-state index contributed by atoms with van der Waals surface area (Å²) in [6.45, 7) is 1.16. The summed E-state index contributed by atoms with van der Waals surface area (Å²) in [5, 5.41) is 18.4. The van der Waals surface area contributed by atoms with E-state index in [0.29, 0.717) is 36.7 Å². The Morgan fingerprint density at radius 1 is 1.07 bits per heavy atom. The van der Waals surface area contributed by atoms with E-state index in [1.54, 1.807) is 4.57 Å². The van der Waals surface area contributed by atoms with Gasteiger partial charge in [-0.05, 0) is 66.3 Å². The number of amides is 1. The van der Waals surface area contributed by atoms with Crippen LogP contribution in [0.15, 0.2) is 48.5 Å². The highest BCUT2D eigenvalue weighted by molar-refractivity contribution is 5.92. The Bertz CT molecular complexity index is 1930. The van der Waals surface area contributed by atoms with Crippen LogP contribution < -0.4 is 10.5 Å². The second-order valence-electron chi connectivity index (χ2n) is 11.5. The summed E-state index contributed by atoms with van der Waals surface area (Å²) >= 11 is 0. The number of halogens is 3. The molecule has 0 spiro atoms. The largest absolute Gasteiger partial charge is 0.484 e. The molecule has 0 radical (unpaired) electrons. The minimum absolute atomic E-state index is 0.0219. The van der Waals surface area contributed by atoms with Crippen LogP contribution in [0.25, 0.3) is 16.6 Å². The molecular formula is C32H27F3N6O4. The number of nitriles is 1. The molecular weight excluding hydrogens is 589 g/mol. The summed E-state index contributed by atoms with van der Waals surface area (Å²) in [5.41, 5.74) is 6.68. The van der Waals surface area contributed by atoms with Crippen molar-refractivity contribution in [1.29, 1.82) is 5.26 Å². The second-order valence-corrected chi connectivity index (χ2v) is 11.5. The van der Waals surface area contributed by atoms with Gasteiger partial charge in [0.15, 0.2) is 17.4 Å². The SMILES string of the molecule is N#Cc1ccc(OCc2nc(C3=CCN(Cc4nc5c(F)cc(C(=O)O)cc5n4CC4(CC(N)=O)CC4)C3)ccc2F)c(F)c1. The maximum Gasteiger partial charge on any atom is 0.335 e. The van der Waals surface area contributed by atoms with E-state index < -0.39 is 34.7 Å². The van der Waals surface area contributed by atoms with Crippen molar-refractivity contribution in [3.8, 4) is 11.8 Å². The van der Waals surface area contributed by atoms with Crippen LogP contribution in [-0.4, -0.2) is 49.5 Å². The number of rotatable bonds is 11. The quantitative estimate of drug-likeness (QED) is 0.250. The van der Waals surface area contributed by atoms with Gasteiger partial charge in [0, 0.05) is 26.1 Å². The maximum absolute atomic E-state index is 15.0. The molecule has 1 aliphatic carbocycles. The molecule has 230 valence electrons. The number of carbonyl (C=O) groups excluding carboxylic acids is 1. The van der Waals surface area contributed by atoms with Crippen LogP contribution in [0.1, 0.15) is 52.4 Å². The first-order chi connectivity index (χ1) is 21.5. The Kier molecular flexibility index (Phi) is 7.76. The van der Waals surface area contributed by atoms with Gasteiger partial charge in [-0.3, -0.25) is 9.69 Å². The van der Waals surface area contributed by atoms with Crippen molar-refractivity contribution >= 4 is 28.5 Å². The number of imidazole rings is 1. The van der Waals surface area contributed by atoms with Gasteiger partial charge < -0.3 is 20.1 Å². The highest BCUT2D eigenvalue weighted by Crippen LogP contribution is 2.50. The third-order valence-electron chi connectivity index (χ3n) is 8.16. The standard InChI is InChI=1S/C32H27F3N6O4/c33-21-2-3-24(38-25(21)16-45-27-4-1-18(13-36)9-22(27)34)19-5-8-40(14-19)15-29-39-30-23(35)10-20(31(43)44)11-26(30)41(29)17-32(6-7-32)12-28(37)42/h1-5,9-11H,6-8,12,14-17H2,(H2,37,42)(H,43,44). The molecule has 13 heteroatoms. The lowest BCUT2D eigenvalue weighted by Crippen LogP contribution is -2.26. The van der Waals surface area contributed by atoms with E-state index >= 15 is 4.39 Å². The number of pyridine rings is 1. The van der Waals surface area contributed by atoms with Gasteiger partial charge in [0.2, 0.25) is 5.91 Å². The summed E-state index contributed by atoms with van der Waals surface area (Å²) in [6, 6.07) is 10.7. The van der Waals surface area contributed by atoms with E-state index in [4.69, 9.17) is 15.7 Å². The number of carbonyl (C=O) groups is 2. The van der Waals surface area contributed by atoms with Gasteiger partial charge in [0.25, 0.3) is 0 Å². The molecule has 2 aromatic heterocycles. The number of benzene rings is 2. The number of nitrogens with zero attached hydrogens (tertiary/aromatic N) is 5. The first-order valence-corrected chi connectivity index (χ1v) is 14.1. The molecule has 2 aromatic carbocycles. The lowest BCUT2D eigenvalue weighted by molar-refractivity contribution is -0.119. The Labute approximate surface area is 255 Å². The molecule has 1 saturated carbocycles. The van der Waals surface area contributed by atoms with Crippen LogP contribution in [0, 0.1) is 34.2 Å². The smallest absolute Gasteiger partial charge is 0.335 e. The molecule has 1 amide bonds. The first kappa shape index (κ1) is 29.8. The number of hydrogen-bond donors (Lipinski definition) is 2. The van der Waals surface area contributed by atoms with Crippen molar-refractivity contribution in [3.05, 3.63) is 94.3 Å². The number of ether oxygens (including phenoxy) is 1. The molecule has 4 aromatic rings. The Morgan fingerprint density at radius 3 is 2.56 bits per heavy atom. The topological polar surface area (TPSA) is 147 Å². The predicted molar refractivity (Wildman–Crippen MR) is 155 cm³/mol. The highest BCUT2D eigenvalue weighted by atomic mass is 19.1. The van der Waals surface area contributed by atoms with Crippen LogP contribution >= 0.6 is 0 Å². The fraction of sp³-hybridized carbons (Fsp3) is 0.281. The number of aromatic nitrogens is 3. The third kappa shape index (κ3) is 6.23. The van der Waals surface area contributed by atoms with Crippen LogP contribution in [0.5, 0.6) is 5.75 Å². The molecule has 1 aliphatic heterocycles. The Hall–Kier alpha value is -5.22. The van der Waals surface area contributed by atoms with Gasteiger partial charge in [0.05, 0.1) is 35.0 Å². The minimum Gasteiger partial charge on any atom is -0.484 e. The molecule has 1 fully saturated rings. The molecule has 0 atom stereocenters. The van der Waals surface area contributed by atoms with E-state index in [9.17, 15) is 23.5 Å². The van der Waals surface area contributed by atoms with E-state index in [-0.39, 0.29) is 47.7 Å². The molecule has 3 heterocycles. The van der Waals surface area contributed by atoms with Crippen LogP contribution in [0.3, 0.4) is 0 Å². The molecule has 0 unspecified atom stereocenters. The minimum atomic E-state index is -1.27. The zero-order valence-corrected chi connectivity index (χ0v) is 23.9. The first-order valence-electron chi connectivity index (χ1n) is 14.1. The molecule has 45 heavy (non-hydrogen) atoms. The maximum atomic E-state index is 15.0. The highest BCUT2D eigenvalue weighted by Gasteiger charge is 2.45. The van der Waals surface area contributed by atoms with Crippen LogP contribution in [-0.2, 0) is 24.5 Å². The number of primary amides is 1. The van der Waals surface area contributed by atoms with Crippen molar-refractivity contribution in [2.75, 3.05) is 13.1 Å². The molecule has 0 bridgehead atoms. The summed E-state index contributed by atoms with van der Waals surface area (Å²) in [5.74, 6) is -3.46. The van der Waals surface area contributed by atoms with Gasteiger partial charge in [0.1, 0.15) is 29.5 Å². The zero-order chi connectivity index (χ0) is 31.9. The van der Waals surface area contributed by atoms with Crippen molar-refractivity contribution in [2.24, 2.45) is 11.1 Å². The van der Waals surface area contributed by atoms with Crippen molar-refractivity contribution < 1.29 is 32.6 Å². The molecule has 0 saturated heterocycles. The van der Waals surface area contributed by atoms with Crippen LogP contribution in [0.2, 0.25) is 0 Å². The van der Waals surface area contributed by atoms with E-state index in [1.165, 1.54) is 30.3 Å². The van der Waals surface area contributed by atoms with Crippen molar-refractivity contribution in [1.82, 2.24) is 19.4 Å². The van der Waals surface area contributed by atoms with Gasteiger partial charge >= 0.3 is 5.97 Å². The average molecular weight is 617 g/mol. The van der Waals surface area contributed by atoms with Crippen molar-refractivity contribution in [3.63, 3.8) is 0 Å². The fourth-order valence-electron chi connectivity index (χ4n) is 5.64. The summed E-state index contributed by atoms with van der Waals surface area (Å²) < 4.78 is 51.1. The van der Waals surface area contributed by atoms with Gasteiger partial charge in [-0.2, -0.15) is 5.26 Å². The summed E-state index contributed by atoms with van der Waals surface area (Å²) in [6.07, 6.45) is 3.59. The van der Waals surface area contributed by atoms with Gasteiger partial charge in [-0.1, -0.05) is 6.08 Å². The number of carboxylic acid groups (broad SMARTS) is 1. The molecule has 3 N–H and O–H groups in total. The summed E-state index contributed by atoms with van der Waals surface area (Å²) in [4.78, 5) is 34.4. The number of carboxylic acids is 1. The van der Waals surface area contributed by atoms with Crippen LogP contribution in [0.4, 0.5) is 13.2 Å². The number of fused-ring (bicyclic) bond motifs is 1. The Morgan fingerprint density at radius 2 is 1.87 bits per heavy atom. The second kappa shape index (κ2) is 11.7. The van der Waals surface area contributed by atoms with E-state index in [2.05, 4.69) is 9.97 Å². The Balaban J connectivity index is 1.21. The molecule has 2 aliphatic rings. The van der Waals surface area contributed by atoms with Crippen molar-refractivity contribution in [2.45, 2.75) is 39.0 Å². The van der Waals surface area contributed by atoms with E-state index in [0.717, 1.165) is 30.5 Å². The normalized spacial score (nSPS) is 15.6. The number of hydrogen-bond acceptors (Lipinski definition) is 7. The average Bonchev–Trinajstić information content (AvgIpc) is 3.42. The predicted octanol–water partition coefficient (Wildman–Crippen LogP) is 4.55. The fourth-order valence-corrected chi connectivity index (χ4v) is 5.64. The van der Waals surface area contributed by atoms with Gasteiger partial charge in [-0.15, -0.1) is 0 Å². The monoisotopic (exact) mass is 616 g/mol. The lowest BCUT2D eigenvalue weighted by Gasteiger charge is -2.20. The zero-order valence-electron chi connectivity index (χ0n) is 23.9. The van der Waals surface area contributed by atoms with E-state index in [1.807, 2.05) is 17.0 Å². The number of aromatic carboxylic acids is 1. The number of nitrogens with two attached hydrogens (primary N) is 1. The third-order valence-corrected chi connectivity index (χ3v) is 8.16. The van der Waals surface area contributed by atoms with Gasteiger partial charge in [-0.25, -0.2) is 27.9 Å². The molecule has 6 rings (SSSR count). The molecule has 10 nitrogen and oxygen atoms in total.